The third-order valence-electron chi connectivity index (χ3n) is 6.48. The van der Waals surface area contributed by atoms with Crippen molar-refractivity contribution in [2.75, 3.05) is 4.90 Å². The minimum atomic E-state index is -1.44. The van der Waals surface area contributed by atoms with Crippen molar-refractivity contribution >= 4 is 33.5 Å². The number of anilines is 1. The zero-order valence-electron chi connectivity index (χ0n) is 17.0. The number of nitrogens with zero attached hydrogens (tertiary/aromatic N) is 3. The third kappa shape index (κ3) is 2.83. The highest BCUT2D eigenvalue weighted by Crippen LogP contribution is 2.56. The molecular weight excluding hydrogens is 462 g/mol. The van der Waals surface area contributed by atoms with Crippen LogP contribution in [0.2, 0.25) is 0 Å². The van der Waals surface area contributed by atoms with Gasteiger partial charge in [-0.15, -0.1) is 0 Å². The van der Waals surface area contributed by atoms with Crippen molar-refractivity contribution in [1.29, 1.82) is 10.5 Å². The number of carbonyl (C=O) groups excluding carboxylic acids is 1. The lowest BCUT2D eigenvalue weighted by Crippen LogP contribution is -2.44. The predicted octanol–water partition coefficient (Wildman–Crippen LogP) is 5.73. The van der Waals surface area contributed by atoms with Gasteiger partial charge in [-0.3, -0.25) is 4.79 Å². The van der Waals surface area contributed by atoms with Crippen LogP contribution < -0.4 is 4.90 Å². The molecule has 2 aliphatic rings. The van der Waals surface area contributed by atoms with Gasteiger partial charge in [0.2, 0.25) is 0 Å². The molecule has 154 valence electrons. The first-order valence-electron chi connectivity index (χ1n) is 10.3. The Kier molecular flexibility index (Phi) is 4.93. The normalized spacial score (nSPS) is 22.3. The second-order valence-electron chi connectivity index (χ2n) is 8.04. The Bertz CT molecular complexity index is 1300. The molecule has 2 aliphatic heterocycles. The van der Waals surface area contributed by atoms with Crippen molar-refractivity contribution in [3.05, 3.63) is 106 Å². The summed E-state index contributed by atoms with van der Waals surface area (Å²) in [4.78, 5) is 16.0. The first kappa shape index (κ1) is 20.2. The second kappa shape index (κ2) is 7.79. The van der Waals surface area contributed by atoms with E-state index in [0.29, 0.717) is 5.56 Å². The topological polar surface area (TPSA) is 67.9 Å². The molecule has 3 aromatic rings. The molecule has 5 rings (SSSR count). The van der Waals surface area contributed by atoms with Gasteiger partial charge in [0.1, 0.15) is 6.04 Å². The van der Waals surface area contributed by atoms with E-state index in [0.717, 1.165) is 21.3 Å². The molecule has 32 heavy (non-hydrogen) atoms. The van der Waals surface area contributed by atoms with Crippen LogP contribution in [-0.4, -0.2) is 17.9 Å². The van der Waals surface area contributed by atoms with Crippen LogP contribution in [0.15, 0.2) is 89.4 Å². The van der Waals surface area contributed by atoms with Gasteiger partial charge < -0.3 is 4.90 Å². The molecule has 5 heteroatoms. The molecule has 1 saturated heterocycles. The van der Waals surface area contributed by atoms with E-state index in [-0.39, 0.29) is 5.78 Å². The summed E-state index contributed by atoms with van der Waals surface area (Å²) in [6.45, 7) is 0. The number of hydrogen-bond acceptors (Lipinski definition) is 4. The number of halogens is 1. The summed E-state index contributed by atoms with van der Waals surface area (Å²) < 4.78 is 0.780. The van der Waals surface area contributed by atoms with Crippen LogP contribution in [0.25, 0.3) is 6.08 Å². The van der Waals surface area contributed by atoms with Crippen molar-refractivity contribution in [3.63, 3.8) is 0 Å². The zero-order valence-corrected chi connectivity index (χ0v) is 18.6. The molecule has 4 nitrogen and oxygen atoms in total. The van der Waals surface area contributed by atoms with E-state index < -0.39 is 23.4 Å². The Hall–Kier alpha value is -3.67. The SMILES string of the molecule is N#CC1(C#N)[C@H](c2ccccc2Br)[C@@H](C(=O)c2ccccc2)N2c3ccccc3C=C[C@@H]21. The third-order valence-corrected chi connectivity index (χ3v) is 7.20. The molecular formula is C27H18BrN3O. The van der Waals surface area contributed by atoms with Crippen LogP contribution in [0.1, 0.15) is 27.4 Å². The minimum absolute atomic E-state index is 0.103. The molecule has 0 bridgehead atoms. The Labute approximate surface area is 195 Å². The van der Waals surface area contributed by atoms with E-state index in [9.17, 15) is 15.3 Å². The number of hydrogen-bond donors (Lipinski definition) is 0. The van der Waals surface area contributed by atoms with Crippen molar-refractivity contribution in [2.45, 2.75) is 18.0 Å². The summed E-state index contributed by atoms with van der Waals surface area (Å²) in [5, 5.41) is 20.9. The molecule has 0 amide bonds. The van der Waals surface area contributed by atoms with Crippen molar-refractivity contribution in [1.82, 2.24) is 0 Å². The van der Waals surface area contributed by atoms with Gasteiger partial charge in [-0.2, -0.15) is 10.5 Å². The smallest absolute Gasteiger partial charge is 0.185 e. The molecule has 1 fully saturated rings. The van der Waals surface area contributed by atoms with Crippen LogP contribution in [0.5, 0.6) is 0 Å². The summed E-state index contributed by atoms with van der Waals surface area (Å²) >= 11 is 3.61. The van der Waals surface area contributed by atoms with Crippen LogP contribution in [0.4, 0.5) is 5.69 Å². The number of fused-ring (bicyclic) bond motifs is 3. The molecule has 3 atom stereocenters. The average Bonchev–Trinajstić information content (AvgIpc) is 3.15. The first-order valence-corrected chi connectivity index (χ1v) is 11.1. The number of nitriles is 2. The quantitative estimate of drug-likeness (QED) is 0.449. The summed E-state index contributed by atoms with van der Waals surface area (Å²) in [6.07, 6.45) is 3.85. The van der Waals surface area contributed by atoms with E-state index in [1.54, 1.807) is 12.1 Å². The lowest BCUT2D eigenvalue weighted by atomic mass is 9.69. The second-order valence-corrected chi connectivity index (χ2v) is 8.89. The fourth-order valence-corrected chi connectivity index (χ4v) is 5.61. The molecule has 0 aliphatic carbocycles. The number of carbonyl (C=O) groups is 1. The van der Waals surface area contributed by atoms with E-state index in [2.05, 4.69) is 28.1 Å². The van der Waals surface area contributed by atoms with Crippen LogP contribution in [-0.2, 0) is 0 Å². The Balaban J connectivity index is 1.81. The number of Topliss-reactive ketones (excluding diaryl/α,β-unsaturated/α-hetero) is 1. The van der Waals surface area contributed by atoms with Gasteiger partial charge in [0.25, 0.3) is 0 Å². The Morgan fingerprint density at radius 2 is 1.56 bits per heavy atom. The number of ketones is 1. The molecule has 0 aromatic heterocycles. The van der Waals surface area contributed by atoms with Gasteiger partial charge in [0.15, 0.2) is 11.2 Å². The monoisotopic (exact) mass is 479 g/mol. The van der Waals surface area contributed by atoms with Gasteiger partial charge in [-0.05, 0) is 23.3 Å². The molecule has 2 heterocycles. The van der Waals surface area contributed by atoms with Gasteiger partial charge in [-0.1, -0.05) is 94.8 Å². The van der Waals surface area contributed by atoms with E-state index >= 15 is 0 Å². The van der Waals surface area contributed by atoms with Crippen LogP contribution in [0, 0.1) is 28.1 Å². The first-order chi connectivity index (χ1) is 15.6. The fourth-order valence-electron chi connectivity index (χ4n) is 5.08. The summed E-state index contributed by atoms with van der Waals surface area (Å²) in [6, 6.07) is 27.9. The molecule has 0 N–H and O–H groups in total. The maximum atomic E-state index is 14.0. The summed E-state index contributed by atoms with van der Waals surface area (Å²) in [5.41, 5.74) is 1.73. The molecule has 0 saturated carbocycles. The van der Waals surface area contributed by atoms with Gasteiger partial charge in [0, 0.05) is 21.6 Å². The fraction of sp³-hybridized carbons (Fsp3) is 0.148. The molecule has 3 aromatic carbocycles. The van der Waals surface area contributed by atoms with E-state index in [1.165, 1.54) is 0 Å². The molecule has 0 radical (unpaired) electrons. The number of para-hydroxylation sites is 1. The lowest BCUT2D eigenvalue weighted by Gasteiger charge is -2.35. The van der Waals surface area contributed by atoms with Crippen molar-refractivity contribution in [2.24, 2.45) is 5.41 Å². The summed E-state index contributed by atoms with van der Waals surface area (Å²) in [7, 11) is 0. The van der Waals surface area contributed by atoms with Crippen LogP contribution >= 0.6 is 15.9 Å². The highest BCUT2D eigenvalue weighted by Gasteiger charge is 2.63. The zero-order chi connectivity index (χ0) is 22.3. The van der Waals surface area contributed by atoms with E-state index in [1.807, 2.05) is 83.8 Å². The van der Waals surface area contributed by atoms with E-state index in [4.69, 9.17) is 0 Å². The maximum absolute atomic E-state index is 14.0. The highest BCUT2D eigenvalue weighted by molar-refractivity contribution is 9.10. The van der Waals surface area contributed by atoms with Crippen LogP contribution in [0.3, 0.4) is 0 Å². The lowest BCUT2D eigenvalue weighted by molar-refractivity contribution is 0.0951. The van der Waals surface area contributed by atoms with Gasteiger partial charge >= 0.3 is 0 Å². The minimum Gasteiger partial charge on any atom is -0.351 e. The average molecular weight is 480 g/mol. The number of benzene rings is 3. The maximum Gasteiger partial charge on any atom is 0.185 e. The largest absolute Gasteiger partial charge is 0.351 e. The van der Waals surface area contributed by atoms with Crippen molar-refractivity contribution < 1.29 is 4.79 Å². The molecule has 0 unspecified atom stereocenters. The van der Waals surface area contributed by atoms with Gasteiger partial charge in [0.05, 0.1) is 18.2 Å². The van der Waals surface area contributed by atoms with Crippen molar-refractivity contribution in [3.8, 4) is 12.1 Å². The highest BCUT2D eigenvalue weighted by atomic mass is 79.9. The Morgan fingerprint density at radius 3 is 2.28 bits per heavy atom. The summed E-state index contributed by atoms with van der Waals surface area (Å²) in [5.74, 6) is -0.754. The van der Waals surface area contributed by atoms with Gasteiger partial charge in [-0.25, -0.2) is 0 Å². The number of rotatable bonds is 3. The predicted molar refractivity (Wildman–Crippen MR) is 127 cm³/mol. The molecule has 0 spiro atoms. The Morgan fingerprint density at radius 1 is 0.906 bits per heavy atom. The standard InChI is InChI=1S/C27H18BrN3O/c28-21-12-6-5-11-20(21)24-25(26(32)19-9-2-1-3-10-19)31-22-13-7-4-8-18(22)14-15-23(31)27(24,16-29)17-30/h1-15,23-25H/t23-,24-,25+/m1/s1.